The first-order valence-corrected chi connectivity index (χ1v) is 29.9. The Balaban J connectivity index is 0.000000228. The number of carbonyl (C=O) groups is 3. The van der Waals surface area contributed by atoms with Crippen LogP contribution in [0.3, 0.4) is 0 Å². The van der Waals surface area contributed by atoms with Gasteiger partial charge in [0.1, 0.15) is 72.7 Å². The van der Waals surface area contributed by atoms with Crippen molar-refractivity contribution in [2.75, 3.05) is 67.2 Å². The molecular formula is C58H63Cl3F9N19O5. The van der Waals surface area contributed by atoms with Crippen LogP contribution in [0.4, 0.5) is 57.1 Å². The van der Waals surface area contributed by atoms with Crippen LogP contribution < -0.4 is 30.7 Å². The molecule has 0 saturated carbocycles. The molecule has 0 radical (unpaired) electrons. The molecule has 3 aliphatic rings. The minimum absolute atomic E-state index is 0. The average Bonchev–Trinajstić information content (AvgIpc) is 1.61. The first-order chi connectivity index (χ1) is 44.8. The molecule has 24 nitrogen and oxygen atoms in total. The van der Waals surface area contributed by atoms with Crippen molar-refractivity contribution < 1.29 is 69.1 Å². The zero-order chi connectivity index (χ0) is 67.1. The summed E-state index contributed by atoms with van der Waals surface area (Å²) in [5.74, 6) is -0.0942. The molecule has 3 amide bonds. The molecular weight excluding hydrogens is 1320 g/mol. The monoisotopic (exact) mass is 1380 g/mol. The Morgan fingerprint density at radius 1 is 0.596 bits per heavy atom. The number of anilines is 3. The number of pyridine rings is 3. The van der Waals surface area contributed by atoms with Crippen molar-refractivity contribution in [2.24, 2.45) is 0 Å². The molecule has 12 rings (SSSR count). The second kappa shape index (κ2) is 29.1. The van der Waals surface area contributed by atoms with E-state index < -0.39 is 74.0 Å². The topological polar surface area (TPSA) is 292 Å². The second-order valence-electron chi connectivity index (χ2n) is 21.3. The van der Waals surface area contributed by atoms with Gasteiger partial charge in [-0.15, -0.1) is 6.58 Å². The van der Waals surface area contributed by atoms with E-state index in [-0.39, 0.29) is 49.9 Å². The lowest BCUT2D eigenvalue weighted by molar-refractivity contribution is -0.139. The summed E-state index contributed by atoms with van der Waals surface area (Å²) in [6.45, 7) is 2.96. The number of H-pyrrole nitrogens is 3. The van der Waals surface area contributed by atoms with Gasteiger partial charge in [-0.25, -0.2) is 44.9 Å². The molecule has 0 bridgehead atoms. The molecule has 0 aromatic carbocycles. The number of hydrogen-bond donors (Lipinski definition) is 6. The van der Waals surface area contributed by atoms with E-state index in [4.69, 9.17) is 44.3 Å². The number of aromatic amines is 3. The number of nitrogens with zero attached hydrogens (tertiary/aromatic N) is 13. The first kappa shape index (κ1) is 67.8. The van der Waals surface area contributed by atoms with Gasteiger partial charge in [0.05, 0.1) is 33.9 Å². The summed E-state index contributed by atoms with van der Waals surface area (Å²) in [5.41, 5.74) is 3.79. The van der Waals surface area contributed by atoms with E-state index in [1.165, 1.54) is 37.3 Å². The standard InChI is InChI=1S/C21H20ClF3N6O2.C20H20ClF3N6O2.C17H15ClF3N7O.4H2/c1-2-5-33-13-7-16(20(32)29-11-21(23,24)25)31(10-13)17-3-4-26-19(30-17)15-9-28-18-14(15)6-12(22)8-27-18;1-2-32-12-6-15(19(31)28-10-20(22,23)24)30(9-12)16-3-4-25-18(29-16)14-8-27-17-13(14)5-11(21)7-26-17;18-9-4-10-11(6-23-13(10)22-5-9)14-25-8-26-16(27-14)28-3-1-2-12(28)15(29)24-7-17(19,20)21;;;;/h2-4,6,8-9,13,16H,1,5,7,10-11H2,(H,27,28)(H,29,32);3-5,7-8,12,15H,2,6,9-10H2,1H3,(H,26,27)(H,28,31);4-6,8,12H,1-3,7H2,(H,22,23)(H,24,29);4*1H/t13?,16-;12?,15-;12-;;;;/m001..../s1. The number of carbonyl (C=O) groups excluding carboxylic acids is 3. The Hall–Kier alpha value is -9.05. The highest BCUT2D eigenvalue weighted by molar-refractivity contribution is 6.32. The number of aromatic nitrogens is 13. The fourth-order valence-corrected chi connectivity index (χ4v) is 11.3. The molecule has 9 aromatic rings. The van der Waals surface area contributed by atoms with E-state index in [1.807, 2.05) is 22.9 Å². The molecule has 3 saturated heterocycles. The number of nitrogens with one attached hydrogen (secondary N) is 6. The molecule has 12 heterocycles. The summed E-state index contributed by atoms with van der Waals surface area (Å²) in [6, 6.07) is 5.90. The molecule has 3 fully saturated rings. The molecule has 5 atom stereocenters. The Morgan fingerprint density at radius 2 is 1.01 bits per heavy atom. The predicted molar refractivity (Wildman–Crippen MR) is 337 cm³/mol. The lowest BCUT2D eigenvalue weighted by atomic mass is 10.2. The SMILES string of the molecule is C=CCOC1C[C@@H](C(=O)NCC(F)(F)F)N(c2ccnc(-c3c[nH]c4ncc(Cl)cc34)n2)C1.CCOC1C[C@@H](C(=O)NCC(F)(F)F)N(c2ccnc(-c3c[nH]c4ncc(Cl)cc34)n2)C1.O=C(NCC(F)(F)F)[C@H]1CCCN1c1ncnc(-c2c[nH]c3ncc(Cl)cc23)n1.[HH].[HH].[HH].[HH]. The molecule has 0 spiro atoms. The van der Waals surface area contributed by atoms with Crippen LogP contribution in [0.1, 0.15) is 38.3 Å². The summed E-state index contributed by atoms with van der Waals surface area (Å²) in [5, 5.41) is 9.37. The summed E-state index contributed by atoms with van der Waals surface area (Å²) >= 11 is 18.2. The van der Waals surface area contributed by atoms with Crippen LogP contribution in [-0.2, 0) is 23.9 Å². The van der Waals surface area contributed by atoms with Crippen LogP contribution >= 0.6 is 34.8 Å². The van der Waals surface area contributed by atoms with Crippen LogP contribution in [-0.4, -0.2) is 184 Å². The first-order valence-electron chi connectivity index (χ1n) is 28.7. The molecule has 2 unspecified atom stereocenters. The maximum Gasteiger partial charge on any atom is 0.405 e. The van der Waals surface area contributed by atoms with Crippen molar-refractivity contribution in [1.29, 1.82) is 0 Å². The van der Waals surface area contributed by atoms with Crippen LogP contribution in [0.5, 0.6) is 0 Å². The molecule has 6 N–H and O–H groups in total. The smallest absolute Gasteiger partial charge is 0.377 e. The van der Waals surface area contributed by atoms with E-state index >= 15 is 0 Å². The Morgan fingerprint density at radius 3 is 1.43 bits per heavy atom. The highest BCUT2D eigenvalue weighted by Crippen LogP contribution is 2.35. The fraction of sp³-hybridized carbons (Fsp3) is 0.362. The normalized spacial score (nSPS) is 18.3. The van der Waals surface area contributed by atoms with Crippen LogP contribution in [0, 0.1) is 0 Å². The molecule has 504 valence electrons. The number of halogens is 12. The van der Waals surface area contributed by atoms with Gasteiger partial charge in [0, 0.05) is 127 Å². The van der Waals surface area contributed by atoms with Gasteiger partial charge in [0.15, 0.2) is 17.5 Å². The summed E-state index contributed by atoms with van der Waals surface area (Å²) in [6.07, 6.45) is 2.92. The zero-order valence-electron chi connectivity index (χ0n) is 49.1. The second-order valence-corrected chi connectivity index (χ2v) is 22.6. The Kier molecular flexibility index (Phi) is 21.0. The van der Waals surface area contributed by atoms with E-state index in [0.29, 0.717) is 116 Å². The van der Waals surface area contributed by atoms with Gasteiger partial charge in [-0.3, -0.25) is 14.4 Å². The van der Waals surface area contributed by atoms with Crippen molar-refractivity contribution >= 4 is 103 Å². The number of fused-ring (bicyclic) bond motifs is 3. The van der Waals surface area contributed by atoms with Crippen molar-refractivity contribution in [1.82, 2.24) is 80.7 Å². The van der Waals surface area contributed by atoms with Crippen molar-refractivity contribution in [3.05, 3.63) is 114 Å². The maximum absolute atomic E-state index is 12.6. The molecule has 3 aliphatic heterocycles. The van der Waals surface area contributed by atoms with Crippen molar-refractivity contribution in [3.63, 3.8) is 0 Å². The van der Waals surface area contributed by atoms with Gasteiger partial charge < -0.3 is 55.1 Å². The third-order valence-electron chi connectivity index (χ3n) is 14.8. The van der Waals surface area contributed by atoms with Crippen LogP contribution in [0.15, 0.2) is 98.9 Å². The minimum Gasteiger partial charge on any atom is -0.377 e. The number of rotatable bonds is 17. The van der Waals surface area contributed by atoms with Gasteiger partial charge in [0.2, 0.25) is 23.7 Å². The predicted octanol–water partition coefficient (Wildman–Crippen LogP) is 10.5. The number of ether oxygens (including phenoxy) is 2. The average molecular weight is 1380 g/mol. The lowest BCUT2D eigenvalue weighted by Gasteiger charge is -2.25. The van der Waals surface area contributed by atoms with Crippen molar-refractivity contribution in [3.8, 4) is 34.2 Å². The quantitative estimate of drug-likeness (QED) is 0.0365. The third kappa shape index (κ3) is 16.8. The Labute approximate surface area is 547 Å². The van der Waals surface area contributed by atoms with Gasteiger partial charge in [0.25, 0.3) is 0 Å². The van der Waals surface area contributed by atoms with E-state index in [9.17, 15) is 53.9 Å². The molecule has 94 heavy (non-hydrogen) atoms. The van der Waals surface area contributed by atoms with Gasteiger partial charge >= 0.3 is 18.5 Å². The lowest BCUT2D eigenvalue weighted by Crippen LogP contribution is -2.46. The summed E-state index contributed by atoms with van der Waals surface area (Å²) in [4.78, 5) is 94.5. The highest BCUT2D eigenvalue weighted by atomic mass is 35.5. The molecule has 9 aromatic heterocycles. The maximum atomic E-state index is 12.6. The van der Waals surface area contributed by atoms with E-state index in [0.717, 1.165) is 10.8 Å². The van der Waals surface area contributed by atoms with Crippen molar-refractivity contribution in [2.45, 2.75) is 81.5 Å². The van der Waals surface area contributed by atoms with Gasteiger partial charge in [-0.1, -0.05) is 40.9 Å². The summed E-state index contributed by atoms with van der Waals surface area (Å²) in [7, 11) is 0. The van der Waals surface area contributed by atoms with Gasteiger partial charge in [-0.2, -0.15) is 44.5 Å². The van der Waals surface area contributed by atoms with Crippen LogP contribution in [0.2, 0.25) is 15.1 Å². The van der Waals surface area contributed by atoms with Crippen LogP contribution in [0.25, 0.3) is 67.3 Å². The fourth-order valence-electron chi connectivity index (χ4n) is 10.8. The number of alkyl halides is 9. The molecule has 36 heteroatoms. The third-order valence-corrected chi connectivity index (χ3v) is 15.4. The number of amides is 3. The Bertz CT molecular complexity index is 4200. The highest BCUT2D eigenvalue weighted by Gasteiger charge is 2.42. The minimum atomic E-state index is -4.51. The van der Waals surface area contributed by atoms with E-state index in [1.54, 1.807) is 69.7 Å². The zero-order valence-corrected chi connectivity index (χ0v) is 51.4. The van der Waals surface area contributed by atoms with Gasteiger partial charge in [-0.05, 0) is 50.1 Å². The summed E-state index contributed by atoms with van der Waals surface area (Å²) < 4.78 is 124. The molecule has 0 aliphatic carbocycles. The van der Waals surface area contributed by atoms with E-state index in [2.05, 4.69) is 71.4 Å². The number of hydrogen-bond acceptors (Lipinski definition) is 18. The largest absolute Gasteiger partial charge is 0.405 e.